The summed E-state index contributed by atoms with van der Waals surface area (Å²) >= 11 is 0. The van der Waals surface area contributed by atoms with E-state index < -0.39 is 0 Å². The van der Waals surface area contributed by atoms with E-state index in [0.29, 0.717) is 41.8 Å². The van der Waals surface area contributed by atoms with Crippen LogP contribution < -0.4 is 15.8 Å². The van der Waals surface area contributed by atoms with Crippen LogP contribution in [-0.2, 0) is 11.3 Å². The second-order valence-electron chi connectivity index (χ2n) is 10.9. The predicted molar refractivity (Wildman–Crippen MR) is 154 cm³/mol. The molecular formula is C30H35FN6O2. The van der Waals surface area contributed by atoms with Gasteiger partial charge in [-0.3, -0.25) is 14.2 Å². The first kappa shape index (κ1) is 25.7. The summed E-state index contributed by atoms with van der Waals surface area (Å²) in [6.07, 6.45) is 5.67. The third-order valence-corrected chi connectivity index (χ3v) is 8.15. The number of hydrogen-bond donors (Lipinski definition) is 1. The molecule has 2 aromatic carbocycles. The van der Waals surface area contributed by atoms with Gasteiger partial charge in [-0.05, 0) is 80.9 Å². The zero-order valence-corrected chi connectivity index (χ0v) is 22.5. The molecule has 0 unspecified atom stereocenters. The van der Waals surface area contributed by atoms with Crippen LogP contribution in [0.15, 0.2) is 41.2 Å². The number of piperazine rings is 1. The van der Waals surface area contributed by atoms with Crippen LogP contribution in [0.1, 0.15) is 37.1 Å². The molecule has 2 saturated heterocycles. The Labute approximate surface area is 227 Å². The first-order chi connectivity index (χ1) is 18.9. The molecule has 2 fully saturated rings. The molecule has 3 aliphatic rings. The summed E-state index contributed by atoms with van der Waals surface area (Å²) < 4.78 is 16.7. The van der Waals surface area contributed by atoms with E-state index in [4.69, 9.17) is 4.98 Å². The van der Waals surface area contributed by atoms with E-state index in [2.05, 4.69) is 22.2 Å². The zero-order valence-electron chi connectivity index (χ0n) is 22.5. The lowest BCUT2D eigenvalue weighted by Crippen LogP contribution is -2.44. The zero-order chi connectivity index (χ0) is 26.9. The molecule has 0 spiro atoms. The average molecular weight is 531 g/mol. The van der Waals surface area contributed by atoms with Gasteiger partial charge in [0.15, 0.2) is 0 Å². The molecule has 9 heteroatoms. The summed E-state index contributed by atoms with van der Waals surface area (Å²) in [6.45, 7) is 6.72. The fraction of sp³-hybridized carbons (Fsp3) is 0.433. The van der Waals surface area contributed by atoms with Crippen molar-refractivity contribution >= 4 is 39.8 Å². The number of allylic oxidation sites excluding steroid dienone is 1. The van der Waals surface area contributed by atoms with Crippen molar-refractivity contribution in [2.45, 2.75) is 32.2 Å². The van der Waals surface area contributed by atoms with E-state index in [1.54, 1.807) is 10.6 Å². The van der Waals surface area contributed by atoms with Crippen molar-refractivity contribution in [1.82, 2.24) is 19.4 Å². The number of halogens is 1. The molecule has 3 aliphatic heterocycles. The minimum atomic E-state index is -0.372. The summed E-state index contributed by atoms with van der Waals surface area (Å²) in [5.74, 6) is 0.298. The molecule has 1 amide bonds. The van der Waals surface area contributed by atoms with Gasteiger partial charge in [0.2, 0.25) is 5.91 Å². The van der Waals surface area contributed by atoms with Crippen molar-refractivity contribution < 1.29 is 9.18 Å². The minimum Gasteiger partial charge on any atom is -0.367 e. The summed E-state index contributed by atoms with van der Waals surface area (Å²) in [4.78, 5) is 37.0. The highest BCUT2D eigenvalue weighted by Crippen LogP contribution is 2.30. The van der Waals surface area contributed by atoms with Crippen LogP contribution >= 0.6 is 0 Å². The molecule has 0 bridgehead atoms. The van der Waals surface area contributed by atoms with Gasteiger partial charge in [0.05, 0.1) is 16.6 Å². The van der Waals surface area contributed by atoms with Crippen molar-refractivity contribution in [3.05, 3.63) is 64.0 Å². The second kappa shape index (κ2) is 10.9. The number of carbonyl (C=O) groups is 1. The van der Waals surface area contributed by atoms with Crippen LogP contribution in [0.2, 0.25) is 0 Å². The molecule has 0 atom stereocenters. The lowest BCUT2D eigenvalue weighted by molar-refractivity contribution is -0.116. The number of carbonyl (C=O) groups excluding carboxylic acids is 1. The van der Waals surface area contributed by atoms with E-state index in [9.17, 15) is 9.59 Å². The van der Waals surface area contributed by atoms with Gasteiger partial charge in [-0.1, -0.05) is 12.1 Å². The number of likely N-dealkylation sites (N-methyl/N-ethyl adjacent to an activating group) is 1. The highest BCUT2D eigenvalue weighted by molar-refractivity contribution is 5.91. The van der Waals surface area contributed by atoms with Crippen molar-refractivity contribution in [3.8, 4) is 0 Å². The van der Waals surface area contributed by atoms with Gasteiger partial charge in [-0.25, -0.2) is 9.37 Å². The topological polar surface area (TPSA) is 73.7 Å². The number of aromatic nitrogens is 2. The van der Waals surface area contributed by atoms with E-state index in [0.717, 1.165) is 62.6 Å². The number of amides is 1. The van der Waals surface area contributed by atoms with E-state index in [1.165, 1.54) is 18.9 Å². The Kier molecular flexibility index (Phi) is 7.18. The van der Waals surface area contributed by atoms with Crippen molar-refractivity contribution in [3.63, 3.8) is 0 Å². The van der Waals surface area contributed by atoms with Crippen LogP contribution in [0.3, 0.4) is 0 Å². The van der Waals surface area contributed by atoms with E-state index in [-0.39, 0.29) is 17.3 Å². The maximum Gasteiger partial charge on any atom is 0.261 e. The smallest absolute Gasteiger partial charge is 0.261 e. The number of nitrogens with one attached hydrogen (secondary N) is 1. The number of nitrogens with zero attached hydrogens (tertiary/aromatic N) is 5. The Balaban J connectivity index is 1.20. The molecule has 4 heterocycles. The summed E-state index contributed by atoms with van der Waals surface area (Å²) in [5, 5.41) is 3.31. The first-order valence-corrected chi connectivity index (χ1v) is 14.0. The maximum absolute atomic E-state index is 15.1. The van der Waals surface area contributed by atoms with Crippen molar-refractivity contribution in [1.29, 1.82) is 0 Å². The van der Waals surface area contributed by atoms with Gasteiger partial charge in [0, 0.05) is 51.4 Å². The average Bonchev–Trinajstić information content (AvgIpc) is 3.60. The molecular weight excluding hydrogens is 495 g/mol. The SMILES string of the molecule is CN1CCN(c2cc3nc4n(c(=O)c3cc2F)CC/C4=C\c2ccc(NC(=O)CCN3CCCC3)cc2)CC1. The van der Waals surface area contributed by atoms with Gasteiger partial charge in [0.1, 0.15) is 11.6 Å². The van der Waals surface area contributed by atoms with E-state index in [1.807, 2.05) is 35.2 Å². The predicted octanol–water partition coefficient (Wildman–Crippen LogP) is 3.66. The molecule has 0 aliphatic carbocycles. The highest BCUT2D eigenvalue weighted by atomic mass is 19.1. The lowest BCUT2D eigenvalue weighted by Gasteiger charge is -2.34. The number of anilines is 2. The largest absolute Gasteiger partial charge is 0.367 e. The molecule has 204 valence electrons. The third kappa shape index (κ3) is 5.46. The molecule has 3 aromatic rings. The molecule has 0 radical (unpaired) electrons. The minimum absolute atomic E-state index is 0.0283. The van der Waals surface area contributed by atoms with Crippen molar-refractivity contribution in [2.75, 3.05) is 63.1 Å². The maximum atomic E-state index is 15.1. The van der Waals surface area contributed by atoms with Gasteiger partial charge < -0.3 is 20.0 Å². The summed E-state index contributed by atoms with van der Waals surface area (Å²) in [5.41, 5.74) is 3.56. The normalized spacial score (nSPS) is 19.2. The Hall–Kier alpha value is -3.56. The molecule has 8 nitrogen and oxygen atoms in total. The number of likely N-dealkylation sites (tertiary alicyclic amines) is 1. The van der Waals surface area contributed by atoms with Gasteiger partial charge >= 0.3 is 0 Å². The molecule has 1 N–H and O–H groups in total. The van der Waals surface area contributed by atoms with Gasteiger partial charge in [-0.2, -0.15) is 0 Å². The van der Waals surface area contributed by atoms with Crippen LogP contribution in [0.5, 0.6) is 0 Å². The number of hydrogen-bond acceptors (Lipinski definition) is 6. The fourth-order valence-corrected chi connectivity index (χ4v) is 5.81. The standard InChI is InChI=1S/C30H35FN6O2/c1-34-14-16-36(17-15-34)27-20-26-24(19-25(27)31)30(39)37-13-8-22(29(37)33-26)18-21-4-6-23(7-5-21)32-28(38)9-12-35-10-2-3-11-35/h4-7,18-20H,2-3,8-17H2,1H3,(H,32,38)/b22-18+. The lowest BCUT2D eigenvalue weighted by atomic mass is 10.1. The Morgan fingerprint density at radius 3 is 2.51 bits per heavy atom. The molecule has 0 saturated carbocycles. The number of rotatable bonds is 6. The van der Waals surface area contributed by atoms with E-state index >= 15 is 4.39 Å². The Morgan fingerprint density at radius 1 is 1.03 bits per heavy atom. The molecule has 6 rings (SSSR count). The monoisotopic (exact) mass is 530 g/mol. The quantitative estimate of drug-likeness (QED) is 0.525. The van der Waals surface area contributed by atoms with Crippen molar-refractivity contribution in [2.24, 2.45) is 0 Å². The number of benzene rings is 2. The highest BCUT2D eigenvalue weighted by Gasteiger charge is 2.24. The van der Waals surface area contributed by atoms with Crippen LogP contribution in [0.25, 0.3) is 22.6 Å². The summed E-state index contributed by atoms with van der Waals surface area (Å²) in [6, 6.07) is 10.8. The van der Waals surface area contributed by atoms with Gasteiger partial charge in [0.25, 0.3) is 5.56 Å². The fourth-order valence-electron chi connectivity index (χ4n) is 5.81. The molecule has 39 heavy (non-hydrogen) atoms. The van der Waals surface area contributed by atoms with Crippen LogP contribution in [0.4, 0.5) is 15.8 Å². The summed E-state index contributed by atoms with van der Waals surface area (Å²) in [7, 11) is 2.06. The third-order valence-electron chi connectivity index (χ3n) is 8.15. The Bertz CT molecular complexity index is 1470. The van der Waals surface area contributed by atoms with Crippen LogP contribution in [-0.4, -0.2) is 78.1 Å². The van der Waals surface area contributed by atoms with Crippen LogP contribution in [0, 0.1) is 5.82 Å². The Morgan fingerprint density at radius 2 is 1.77 bits per heavy atom. The second-order valence-corrected chi connectivity index (χ2v) is 10.9. The first-order valence-electron chi connectivity index (χ1n) is 14.0. The molecule has 1 aromatic heterocycles. The van der Waals surface area contributed by atoms with Gasteiger partial charge in [-0.15, -0.1) is 0 Å². The number of fused-ring (bicyclic) bond motifs is 2.